The Hall–Kier alpha value is -3.16. The van der Waals surface area contributed by atoms with Gasteiger partial charge in [0.15, 0.2) is 5.82 Å². The summed E-state index contributed by atoms with van der Waals surface area (Å²) in [5.74, 6) is 1.31. The molecule has 0 aliphatic carbocycles. The number of carbonyl (C=O) groups excluding carboxylic acids is 1. The van der Waals surface area contributed by atoms with Crippen molar-refractivity contribution in [3.8, 4) is 0 Å². The first-order valence-electron chi connectivity index (χ1n) is 7.71. The minimum atomic E-state index is -0.133. The van der Waals surface area contributed by atoms with Crippen LogP contribution in [-0.4, -0.2) is 44.6 Å². The molecule has 4 heterocycles. The van der Waals surface area contributed by atoms with Crippen molar-refractivity contribution in [2.45, 2.75) is 12.5 Å². The number of anilines is 1. The Labute approximate surface area is 137 Å². The van der Waals surface area contributed by atoms with E-state index in [0.29, 0.717) is 12.3 Å². The van der Waals surface area contributed by atoms with Crippen LogP contribution in [0, 0.1) is 0 Å². The van der Waals surface area contributed by atoms with Crippen LogP contribution in [0.2, 0.25) is 0 Å². The van der Waals surface area contributed by atoms with Crippen molar-refractivity contribution in [2.24, 2.45) is 0 Å². The molecular formula is C16H16N6O2. The maximum absolute atomic E-state index is 12.0. The molecule has 0 spiro atoms. The molecule has 1 saturated heterocycles. The van der Waals surface area contributed by atoms with Crippen LogP contribution in [0.1, 0.15) is 12.2 Å². The van der Waals surface area contributed by atoms with E-state index in [2.05, 4.69) is 25.4 Å². The molecule has 1 fully saturated rings. The third-order valence-electron chi connectivity index (χ3n) is 3.97. The summed E-state index contributed by atoms with van der Waals surface area (Å²) in [6.07, 6.45) is 10.8. The topological polar surface area (TPSA) is 88.6 Å². The zero-order chi connectivity index (χ0) is 16.4. The van der Waals surface area contributed by atoms with Crippen LogP contribution in [0.15, 0.2) is 47.6 Å². The quantitative estimate of drug-likeness (QED) is 0.724. The molecule has 0 bridgehead atoms. The third-order valence-corrected chi connectivity index (χ3v) is 3.97. The van der Waals surface area contributed by atoms with Gasteiger partial charge in [0.05, 0.1) is 6.26 Å². The van der Waals surface area contributed by atoms with Crippen molar-refractivity contribution in [2.75, 3.05) is 18.0 Å². The van der Waals surface area contributed by atoms with Crippen LogP contribution in [0.25, 0.3) is 11.7 Å². The second-order valence-corrected chi connectivity index (χ2v) is 5.60. The first kappa shape index (κ1) is 14.4. The van der Waals surface area contributed by atoms with Gasteiger partial charge in [-0.1, -0.05) is 0 Å². The monoisotopic (exact) mass is 324 g/mol. The number of hydrogen-bond donors (Lipinski definition) is 1. The Bertz CT molecular complexity index is 870. The van der Waals surface area contributed by atoms with E-state index < -0.39 is 0 Å². The van der Waals surface area contributed by atoms with Gasteiger partial charge in [-0.25, -0.2) is 4.98 Å². The van der Waals surface area contributed by atoms with E-state index in [0.717, 1.165) is 24.4 Å². The molecule has 3 aromatic heterocycles. The van der Waals surface area contributed by atoms with E-state index >= 15 is 0 Å². The lowest BCUT2D eigenvalue weighted by Crippen LogP contribution is -2.36. The summed E-state index contributed by atoms with van der Waals surface area (Å²) in [5, 5.41) is 11.0. The largest absolute Gasteiger partial charge is 0.465 e. The third kappa shape index (κ3) is 2.85. The summed E-state index contributed by atoms with van der Waals surface area (Å²) >= 11 is 0. The van der Waals surface area contributed by atoms with Gasteiger partial charge in [0, 0.05) is 37.6 Å². The molecule has 122 valence electrons. The van der Waals surface area contributed by atoms with E-state index in [1.54, 1.807) is 37.0 Å². The Balaban J connectivity index is 1.40. The smallest absolute Gasteiger partial charge is 0.244 e. The zero-order valence-electron chi connectivity index (χ0n) is 12.9. The number of aromatic nitrogens is 4. The molecule has 1 atom stereocenters. The van der Waals surface area contributed by atoms with Crippen molar-refractivity contribution >= 4 is 23.4 Å². The molecule has 0 aromatic carbocycles. The fourth-order valence-electron chi connectivity index (χ4n) is 2.83. The summed E-state index contributed by atoms with van der Waals surface area (Å²) in [6, 6.07) is 3.65. The van der Waals surface area contributed by atoms with Crippen molar-refractivity contribution in [1.82, 2.24) is 24.9 Å². The summed E-state index contributed by atoms with van der Waals surface area (Å²) in [4.78, 5) is 18.5. The number of rotatable bonds is 4. The molecule has 1 N–H and O–H groups in total. The minimum Gasteiger partial charge on any atom is -0.465 e. The number of fused-ring (bicyclic) bond motifs is 1. The lowest BCUT2D eigenvalue weighted by Gasteiger charge is -2.17. The summed E-state index contributed by atoms with van der Waals surface area (Å²) in [5.41, 5.74) is 0.724. The Morgan fingerprint density at radius 1 is 1.46 bits per heavy atom. The van der Waals surface area contributed by atoms with E-state index in [1.165, 1.54) is 6.08 Å². The van der Waals surface area contributed by atoms with E-state index in [-0.39, 0.29) is 11.9 Å². The van der Waals surface area contributed by atoms with Gasteiger partial charge in [-0.3, -0.25) is 9.20 Å². The Kier molecular flexibility index (Phi) is 3.70. The highest BCUT2D eigenvalue weighted by molar-refractivity contribution is 5.91. The maximum Gasteiger partial charge on any atom is 0.244 e. The molecule has 24 heavy (non-hydrogen) atoms. The van der Waals surface area contributed by atoms with Gasteiger partial charge in [-0.05, 0) is 24.6 Å². The van der Waals surface area contributed by atoms with Crippen LogP contribution >= 0.6 is 0 Å². The normalized spacial score (nSPS) is 17.8. The van der Waals surface area contributed by atoms with Crippen LogP contribution in [-0.2, 0) is 4.79 Å². The second-order valence-electron chi connectivity index (χ2n) is 5.60. The number of hydrogen-bond acceptors (Lipinski definition) is 6. The number of nitrogens with one attached hydrogen (secondary N) is 1. The Morgan fingerprint density at radius 3 is 3.29 bits per heavy atom. The number of furan rings is 1. The van der Waals surface area contributed by atoms with Crippen LogP contribution < -0.4 is 10.2 Å². The summed E-state index contributed by atoms with van der Waals surface area (Å²) in [6.45, 7) is 1.51. The van der Waals surface area contributed by atoms with Crippen LogP contribution in [0.4, 0.5) is 5.82 Å². The summed E-state index contributed by atoms with van der Waals surface area (Å²) < 4.78 is 7.00. The van der Waals surface area contributed by atoms with Crippen molar-refractivity contribution < 1.29 is 9.21 Å². The lowest BCUT2D eigenvalue weighted by atomic mass is 10.2. The van der Waals surface area contributed by atoms with Crippen LogP contribution in [0.5, 0.6) is 0 Å². The molecule has 0 saturated carbocycles. The fraction of sp³-hybridized carbons (Fsp3) is 0.250. The van der Waals surface area contributed by atoms with E-state index in [1.807, 2.05) is 10.6 Å². The van der Waals surface area contributed by atoms with Gasteiger partial charge in [-0.15, -0.1) is 10.2 Å². The van der Waals surface area contributed by atoms with Gasteiger partial charge >= 0.3 is 0 Å². The molecular weight excluding hydrogens is 308 g/mol. The average molecular weight is 324 g/mol. The second kappa shape index (κ2) is 6.15. The molecule has 8 nitrogen and oxygen atoms in total. The van der Waals surface area contributed by atoms with Crippen molar-refractivity contribution in [3.63, 3.8) is 0 Å². The van der Waals surface area contributed by atoms with Gasteiger partial charge in [0.2, 0.25) is 11.6 Å². The number of amides is 1. The molecule has 3 aromatic rings. The van der Waals surface area contributed by atoms with Gasteiger partial charge in [0.25, 0.3) is 0 Å². The molecule has 1 amide bonds. The zero-order valence-corrected chi connectivity index (χ0v) is 12.9. The molecule has 1 aliphatic heterocycles. The molecule has 1 aliphatic rings. The Morgan fingerprint density at radius 2 is 2.42 bits per heavy atom. The molecule has 4 rings (SSSR count). The van der Waals surface area contributed by atoms with Crippen molar-refractivity contribution in [1.29, 1.82) is 0 Å². The first-order chi connectivity index (χ1) is 11.8. The standard InChI is InChI=1S/C16H16N6O2/c23-14(4-3-13-2-1-9-24-13)19-12-5-7-21(10-12)15-16-20-18-11-22(16)8-6-17-15/h1-4,6,8-9,11-12H,5,7,10H2,(H,19,23)/b4-3+/t12-/m0/s1. The molecule has 8 heteroatoms. The lowest BCUT2D eigenvalue weighted by molar-refractivity contribution is -0.117. The maximum atomic E-state index is 12.0. The van der Waals surface area contributed by atoms with E-state index in [9.17, 15) is 4.79 Å². The molecule has 0 radical (unpaired) electrons. The highest BCUT2D eigenvalue weighted by Gasteiger charge is 2.26. The number of carbonyl (C=O) groups is 1. The predicted molar refractivity (Wildman–Crippen MR) is 87.3 cm³/mol. The predicted octanol–water partition coefficient (Wildman–Crippen LogP) is 1.13. The van der Waals surface area contributed by atoms with E-state index in [4.69, 9.17) is 4.42 Å². The minimum absolute atomic E-state index is 0.0729. The first-order valence-corrected chi connectivity index (χ1v) is 7.71. The highest BCUT2D eigenvalue weighted by atomic mass is 16.3. The summed E-state index contributed by atoms with van der Waals surface area (Å²) in [7, 11) is 0. The number of nitrogens with zero attached hydrogens (tertiary/aromatic N) is 5. The van der Waals surface area contributed by atoms with Gasteiger partial charge in [-0.2, -0.15) is 0 Å². The van der Waals surface area contributed by atoms with Crippen molar-refractivity contribution in [3.05, 3.63) is 49.0 Å². The SMILES string of the molecule is O=C(/C=C/c1ccco1)N[C@H]1CCN(c2nccn3cnnc23)C1. The average Bonchev–Trinajstić information content (AvgIpc) is 3.33. The highest BCUT2D eigenvalue weighted by Crippen LogP contribution is 2.21. The van der Waals surface area contributed by atoms with Gasteiger partial charge in [0.1, 0.15) is 12.1 Å². The fourth-order valence-corrected chi connectivity index (χ4v) is 2.83. The molecule has 0 unspecified atom stereocenters. The van der Waals surface area contributed by atoms with Crippen LogP contribution in [0.3, 0.4) is 0 Å². The van der Waals surface area contributed by atoms with Gasteiger partial charge < -0.3 is 14.6 Å².